The Morgan fingerprint density at radius 1 is 1.14 bits per heavy atom. The van der Waals surface area contributed by atoms with Crippen LogP contribution in [0.25, 0.3) is 11.3 Å². The molecule has 3 heterocycles. The topological polar surface area (TPSA) is 77.4 Å². The number of nitrogens with one attached hydrogen (secondary N) is 2. The van der Waals surface area contributed by atoms with Crippen LogP contribution in [-0.4, -0.2) is 29.0 Å². The summed E-state index contributed by atoms with van der Waals surface area (Å²) in [5.41, 5.74) is 5.84. The Morgan fingerprint density at radius 3 is 2.86 bits per heavy atom. The van der Waals surface area contributed by atoms with Gasteiger partial charge in [0.2, 0.25) is 6.79 Å². The molecule has 7 heteroatoms. The molecule has 148 valence electrons. The van der Waals surface area contributed by atoms with Gasteiger partial charge in [-0.3, -0.25) is 10.1 Å². The highest BCUT2D eigenvalue weighted by atomic mass is 16.7. The second kappa shape index (κ2) is 6.93. The maximum Gasteiger partial charge on any atom is 0.269 e. The van der Waals surface area contributed by atoms with E-state index < -0.39 is 0 Å². The zero-order valence-corrected chi connectivity index (χ0v) is 16.4. The second-order valence-electron chi connectivity index (χ2n) is 7.47. The summed E-state index contributed by atoms with van der Waals surface area (Å²) in [5.74, 6) is 1.43. The van der Waals surface area contributed by atoms with E-state index in [1.54, 1.807) is 4.68 Å². The van der Waals surface area contributed by atoms with Crippen LogP contribution in [0.15, 0.2) is 42.5 Å². The smallest absolute Gasteiger partial charge is 0.269 e. The number of aromatic nitrogens is 2. The number of ether oxygens (including phenoxy) is 2. The second-order valence-corrected chi connectivity index (χ2v) is 7.47. The quantitative estimate of drug-likeness (QED) is 0.716. The van der Waals surface area contributed by atoms with Crippen LogP contribution in [0.1, 0.15) is 33.3 Å². The van der Waals surface area contributed by atoms with E-state index in [1.807, 2.05) is 24.3 Å². The molecule has 5 rings (SSSR count). The number of rotatable bonds is 4. The summed E-state index contributed by atoms with van der Waals surface area (Å²) in [6, 6.07) is 14.0. The first kappa shape index (κ1) is 17.8. The molecule has 3 aromatic rings. The van der Waals surface area contributed by atoms with Gasteiger partial charge < -0.3 is 14.8 Å². The van der Waals surface area contributed by atoms with Crippen molar-refractivity contribution in [1.29, 1.82) is 0 Å². The monoisotopic (exact) mass is 390 g/mol. The maximum absolute atomic E-state index is 12.4. The van der Waals surface area contributed by atoms with E-state index in [0.717, 1.165) is 33.9 Å². The first-order chi connectivity index (χ1) is 14.1. The fourth-order valence-corrected chi connectivity index (χ4v) is 3.85. The van der Waals surface area contributed by atoms with Crippen molar-refractivity contribution >= 4 is 5.91 Å². The van der Waals surface area contributed by atoms with Gasteiger partial charge in [0.05, 0.1) is 12.2 Å². The third-order valence-corrected chi connectivity index (χ3v) is 5.36. The lowest BCUT2D eigenvalue weighted by atomic mass is 10.0. The molecular formula is C22H22N4O3. The minimum Gasteiger partial charge on any atom is -0.454 e. The number of carbonyl (C=O) groups is 1. The molecular weight excluding hydrogens is 368 g/mol. The molecule has 2 aliphatic heterocycles. The zero-order valence-electron chi connectivity index (χ0n) is 16.4. The van der Waals surface area contributed by atoms with Crippen molar-refractivity contribution in [3.63, 3.8) is 0 Å². The average molecular weight is 390 g/mol. The van der Waals surface area contributed by atoms with Crippen molar-refractivity contribution in [2.45, 2.75) is 26.6 Å². The van der Waals surface area contributed by atoms with Crippen molar-refractivity contribution in [2.75, 3.05) is 13.3 Å². The molecule has 1 amide bonds. The van der Waals surface area contributed by atoms with Gasteiger partial charge in [0.25, 0.3) is 5.91 Å². The van der Waals surface area contributed by atoms with Crippen molar-refractivity contribution in [1.82, 2.24) is 20.4 Å². The highest BCUT2D eigenvalue weighted by molar-refractivity contribution is 5.94. The van der Waals surface area contributed by atoms with Crippen LogP contribution in [0.2, 0.25) is 0 Å². The van der Waals surface area contributed by atoms with E-state index >= 15 is 0 Å². The number of aryl methyl sites for hydroxylation is 2. The summed E-state index contributed by atoms with van der Waals surface area (Å²) in [5, 5.41) is 11.2. The lowest BCUT2D eigenvalue weighted by molar-refractivity contribution is 0.0900. The number of hydrogen-bond acceptors (Lipinski definition) is 5. The third kappa shape index (κ3) is 3.23. The molecule has 1 aromatic heterocycles. The average Bonchev–Trinajstić information content (AvgIpc) is 3.34. The van der Waals surface area contributed by atoms with E-state index in [4.69, 9.17) is 14.6 Å². The van der Waals surface area contributed by atoms with Gasteiger partial charge in [0.1, 0.15) is 11.9 Å². The standard InChI is InChI=1S/C22H22N4O3/c1-13-3-5-16(14(2)7-13)17-9-18-22(27)24-11-21(26(18)25-17)23-10-15-4-6-19-20(8-15)29-12-28-19/h3-9,21,23H,10-12H2,1-2H3,(H,24,27)/t21-/m0/s1. The lowest BCUT2D eigenvalue weighted by Crippen LogP contribution is -2.45. The van der Waals surface area contributed by atoms with Crippen LogP contribution in [0, 0.1) is 13.8 Å². The summed E-state index contributed by atoms with van der Waals surface area (Å²) >= 11 is 0. The fraction of sp³-hybridized carbons (Fsp3) is 0.273. The molecule has 0 fully saturated rings. The van der Waals surface area contributed by atoms with E-state index in [0.29, 0.717) is 18.8 Å². The van der Waals surface area contributed by atoms with Crippen LogP contribution in [0.4, 0.5) is 0 Å². The van der Waals surface area contributed by atoms with E-state index in [1.165, 1.54) is 5.56 Å². The predicted molar refractivity (Wildman–Crippen MR) is 108 cm³/mol. The fourth-order valence-electron chi connectivity index (χ4n) is 3.85. The SMILES string of the molecule is Cc1ccc(-c2cc3n(n2)[C@H](NCc2ccc4c(c2)OCO4)CNC3=O)c(C)c1. The minimum absolute atomic E-state index is 0.102. The van der Waals surface area contributed by atoms with Gasteiger partial charge in [-0.05, 0) is 43.2 Å². The van der Waals surface area contributed by atoms with Crippen molar-refractivity contribution < 1.29 is 14.3 Å². The van der Waals surface area contributed by atoms with Gasteiger partial charge in [-0.15, -0.1) is 0 Å². The Balaban J connectivity index is 1.40. The summed E-state index contributed by atoms with van der Waals surface area (Å²) < 4.78 is 12.6. The molecule has 29 heavy (non-hydrogen) atoms. The van der Waals surface area contributed by atoms with Crippen molar-refractivity contribution in [2.24, 2.45) is 0 Å². The Morgan fingerprint density at radius 2 is 2.00 bits per heavy atom. The largest absolute Gasteiger partial charge is 0.454 e. The molecule has 0 aliphatic carbocycles. The number of amides is 1. The minimum atomic E-state index is -0.132. The summed E-state index contributed by atoms with van der Waals surface area (Å²) in [7, 11) is 0. The number of nitrogens with zero attached hydrogens (tertiary/aromatic N) is 2. The Labute approximate surface area is 168 Å². The molecule has 2 N–H and O–H groups in total. The molecule has 1 atom stereocenters. The number of fused-ring (bicyclic) bond motifs is 2. The third-order valence-electron chi connectivity index (χ3n) is 5.36. The first-order valence-electron chi connectivity index (χ1n) is 9.66. The van der Waals surface area contributed by atoms with Crippen molar-refractivity contribution in [3.05, 3.63) is 64.8 Å². The summed E-state index contributed by atoms with van der Waals surface area (Å²) in [6.45, 7) is 5.49. The molecule has 0 bridgehead atoms. The molecule has 0 saturated heterocycles. The number of carbonyl (C=O) groups excluding carboxylic acids is 1. The Bertz CT molecular complexity index is 1110. The van der Waals surface area contributed by atoms with E-state index in [-0.39, 0.29) is 18.9 Å². The molecule has 0 spiro atoms. The van der Waals surface area contributed by atoms with Crippen LogP contribution in [0.3, 0.4) is 0 Å². The molecule has 0 saturated carbocycles. The lowest BCUT2D eigenvalue weighted by Gasteiger charge is -2.25. The van der Waals surface area contributed by atoms with Gasteiger partial charge in [0, 0.05) is 12.1 Å². The highest BCUT2D eigenvalue weighted by Gasteiger charge is 2.27. The van der Waals surface area contributed by atoms with E-state index in [9.17, 15) is 4.79 Å². The van der Waals surface area contributed by atoms with Crippen LogP contribution >= 0.6 is 0 Å². The molecule has 2 aliphatic rings. The van der Waals surface area contributed by atoms with Gasteiger partial charge in [-0.1, -0.05) is 29.8 Å². The Kier molecular flexibility index (Phi) is 4.24. The summed E-state index contributed by atoms with van der Waals surface area (Å²) in [4.78, 5) is 12.4. The highest BCUT2D eigenvalue weighted by Crippen LogP contribution is 2.32. The molecule has 0 radical (unpaired) electrons. The molecule has 2 aromatic carbocycles. The number of hydrogen-bond donors (Lipinski definition) is 2. The predicted octanol–water partition coefficient (Wildman–Crippen LogP) is 2.93. The van der Waals surface area contributed by atoms with Gasteiger partial charge in [-0.2, -0.15) is 5.10 Å². The first-order valence-corrected chi connectivity index (χ1v) is 9.66. The molecule has 0 unspecified atom stereocenters. The number of benzene rings is 2. The van der Waals surface area contributed by atoms with Crippen LogP contribution in [-0.2, 0) is 6.54 Å². The van der Waals surface area contributed by atoms with E-state index in [2.05, 4.69) is 42.7 Å². The normalized spacial score (nSPS) is 17.2. The van der Waals surface area contributed by atoms with Crippen LogP contribution < -0.4 is 20.1 Å². The van der Waals surface area contributed by atoms with Gasteiger partial charge in [0.15, 0.2) is 11.5 Å². The molecule has 7 nitrogen and oxygen atoms in total. The van der Waals surface area contributed by atoms with Crippen molar-refractivity contribution in [3.8, 4) is 22.8 Å². The zero-order chi connectivity index (χ0) is 20.0. The van der Waals surface area contributed by atoms with Crippen LogP contribution in [0.5, 0.6) is 11.5 Å². The van der Waals surface area contributed by atoms with Gasteiger partial charge in [-0.25, -0.2) is 4.68 Å². The summed E-state index contributed by atoms with van der Waals surface area (Å²) in [6.07, 6.45) is -0.132. The Hall–Kier alpha value is -3.32. The van der Waals surface area contributed by atoms with Gasteiger partial charge >= 0.3 is 0 Å². The maximum atomic E-state index is 12.4.